The van der Waals surface area contributed by atoms with E-state index in [0.29, 0.717) is 0 Å². The molecule has 0 saturated heterocycles. The largest absolute Gasteiger partial charge is 0.573 e. The number of hydrogen-bond donors (Lipinski definition) is 1. The fourth-order valence-corrected chi connectivity index (χ4v) is 2.17. The second kappa shape index (κ2) is 8.70. The van der Waals surface area contributed by atoms with Crippen molar-refractivity contribution in [1.82, 2.24) is 0 Å². The van der Waals surface area contributed by atoms with Crippen LogP contribution in [0.5, 0.6) is 5.75 Å². The predicted molar refractivity (Wildman–Crippen MR) is 90.6 cm³/mol. The Morgan fingerprint density at radius 1 is 1.00 bits per heavy atom. The lowest BCUT2D eigenvalue weighted by molar-refractivity contribution is -0.274. The third-order valence-electron chi connectivity index (χ3n) is 3.00. The second-order valence-electron chi connectivity index (χ2n) is 5.08. The van der Waals surface area contributed by atoms with E-state index >= 15 is 0 Å². The Morgan fingerprint density at radius 2 is 1.62 bits per heavy atom. The number of benzene rings is 2. The number of alkyl halides is 3. The van der Waals surface area contributed by atoms with Gasteiger partial charge in [0.25, 0.3) is 5.91 Å². The number of nitrogens with one attached hydrogen (secondary N) is 1. The van der Waals surface area contributed by atoms with Crippen molar-refractivity contribution in [2.45, 2.75) is 12.8 Å². The van der Waals surface area contributed by atoms with Gasteiger partial charge in [0.1, 0.15) is 5.75 Å². The van der Waals surface area contributed by atoms with Gasteiger partial charge in [-0.25, -0.2) is 0 Å². The highest BCUT2D eigenvalue weighted by molar-refractivity contribution is 9.10. The summed E-state index contributed by atoms with van der Waals surface area (Å²) >= 11 is 3.28. The van der Waals surface area contributed by atoms with E-state index < -0.39 is 30.6 Å². The Balaban J connectivity index is 1.77. The number of carbonyl (C=O) groups is 2. The van der Waals surface area contributed by atoms with Gasteiger partial charge in [-0.15, -0.1) is 13.2 Å². The van der Waals surface area contributed by atoms with Crippen LogP contribution >= 0.6 is 15.9 Å². The first kappa shape index (κ1) is 19.8. The summed E-state index contributed by atoms with van der Waals surface area (Å²) in [7, 11) is 0. The van der Waals surface area contributed by atoms with Gasteiger partial charge in [-0.2, -0.15) is 0 Å². The number of hydrogen-bond acceptors (Lipinski definition) is 4. The van der Waals surface area contributed by atoms with E-state index in [0.717, 1.165) is 22.2 Å². The maximum atomic E-state index is 12.1. The molecule has 0 aromatic heterocycles. The van der Waals surface area contributed by atoms with Crippen LogP contribution in [0.3, 0.4) is 0 Å². The predicted octanol–water partition coefficient (Wildman–Crippen LogP) is 4.07. The smallest absolute Gasteiger partial charge is 0.455 e. The van der Waals surface area contributed by atoms with Gasteiger partial charge in [0.15, 0.2) is 6.61 Å². The maximum absolute atomic E-state index is 12.1. The van der Waals surface area contributed by atoms with Gasteiger partial charge >= 0.3 is 12.3 Å². The van der Waals surface area contributed by atoms with E-state index in [1.807, 2.05) is 0 Å². The van der Waals surface area contributed by atoms with Crippen molar-refractivity contribution in [3.05, 3.63) is 58.6 Å². The van der Waals surface area contributed by atoms with E-state index in [-0.39, 0.29) is 12.1 Å². The molecule has 0 radical (unpaired) electrons. The Labute approximate surface area is 155 Å². The highest BCUT2D eigenvalue weighted by Gasteiger charge is 2.30. The van der Waals surface area contributed by atoms with Gasteiger partial charge < -0.3 is 14.8 Å². The average Bonchev–Trinajstić information content (AvgIpc) is 2.56. The summed E-state index contributed by atoms with van der Waals surface area (Å²) in [6.07, 6.45) is -4.77. The monoisotopic (exact) mass is 431 g/mol. The molecule has 2 aromatic rings. The van der Waals surface area contributed by atoms with Gasteiger partial charge in [-0.3, -0.25) is 9.59 Å². The van der Waals surface area contributed by atoms with Gasteiger partial charge in [-0.05, 0) is 42.0 Å². The van der Waals surface area contributed by atoms with Crippen LogP contribution in [0.15, 0.2) is 53.0 Å². The summed E-state index contributed by atoms with van der Waals surface area (Å²) in [5.41, 5.74) is 0.979. The lowest BCUT2D eigenvalue weighted by atomic mass is 10.2. The maximum Gasteiger partial charge on any atom is 0.573 e. The summed E-state index contributed by atoms with van der Waals surface area (Å²) < 4.78 is 45.6. The molecule has 5 nitrogen and oxygen atoms in total. The average molecular weight is 432 g/mol. The Hall–Kier alpha value is -2.55. The molecule has 0 saturated carbocycles. The quantitative estimate of drug-likeness (QED) is 0.700. The standard InChI is InChI=1S/C17H13BrF3NO4/c18-12-3-1-11(2-4-12)9-16(24)25-10-15(23)22-13-5-7-14(8-6-13)26-17(19,20)21/h1-8H,9-10H2,(H,22,23). The van der Waals surface area contributed by atoms with Crippen molar-refractivity contribution in [2.24, 2.45) is 0 Å². The minimum atomic E-state index is -4.78. The summed E-state index contributed by atoms with van der Waals surface area (Å²) in [6, 6.07) is 11.6. The first-order valence-electron chi connectivity index (χ1n) is 7.27. The van der Waals surface area contributed by atoms with Crippen LogP contribution in [0.2, 0.25) is 0 Å². The molecule has 1 amide bonds. The first-order valence-corrected chi connectivity index (χ1v) is 8.06. The molecule has 0 aliphatic rings. The number of ether oxygens (including phenoxy) is 2. The number of anilines is 1. The van der Waals surface area contributed by atoms with Gasteiger partial charge in [0.05, 0.1) is 6.42 Å². The molecule has 26 heavy (non-hydrogen) atoms. The SMILES string of the molecule is O=C(COC(=O)Cc1ccc(Br)cc1)Nc1ccc(OC(F)(F)F)cc1. The normalized spacial score (nSPS) is 10.9. The van der Waals surface area contributed by atoms with Crippen LogP contribution in [0.4, 0.5) is 18.9 Å². The molecule has 0 spiro atoms. The summed E-state index contributed by atoms with van der Waals surface area (Å²) in [5, 5.41) is 2.40. The summed E-state index contributed by atoms with van der Waals surface area (Å²) in [4.78, 5) is 23.4. The Bertz CT molecular complexity index is 761. The van der Waals surface area contributed by atoms with Gasteiger partial charge in [-0.1, -0.05) is 28.1 Å². The van der Waals surface area contributed by atoms with E-state index in [2.05, 4.69) is 26.0 Å². The number of amides is 1. The molecule has 9 heteroatoms. The van der Waals surface area contributed by atoms with Crippen LogP contribution < -0.4 is 10.1 Å². The van der Waals surface area contributed by atoms with E-state index in [1.54, 1.807) is 24.3 Å². The third-order valence-corrected chi connectivity index (χ3v) is 3.53. The number of carbonyl (C=O) groups excluding carboxylic acids is 2. The first-order chi connectivity index (χ1) is 12.2. The Morgan fingerprint density at radius 3 is 2.19 bits per heavy atom. The summed E-state index contributed by atoms with van der Waals surface area (Å²) in [5.74, 6) is -1.59. The fraction of sp³-hybridized carbons (Fsp3) is 0.176. The highest BCUT2D eigenvalue weighted by Crippen LogP contribution is 2.23. The lowest BCUT2D eigenvalue weighted by Gasteiger charge is -2.10. The van der Waals surface area contributed by atoms with E-state index in [4.69, 9.17) is 4.74 Å². The third kappa shape index (κ3) is 7.14. The van der Waals surface area contributed by atoms with E-state index in [9.17, 15) is 22.8 Å². The van der Waals surface area contributed by atoms with Crippen LogP contribution in [0.25, 0.3) is 0 Å². The second-order valence-corrected chi connectivity index (χ2v) is 6.00. The lowest BCUT2D eigenvalue weighted by Crippen LogP contribution is -2.21. The van der Waals surface area contributed by atoms with Gasteiger partial charge in [0.2, 0.25) is 0 Å². The van der Waals surface area contributed by atoms with Gasteiger partial charge in [0, 0.05) is 10.2 Å². The van der Waals surface area contributed by atoms with Crippen molar-refractivity contribution in [3.8, 4) is 5.75 Å². The zero-order chi connectivity index (χ0) is 19.2. The molecule has 0 atom stereocenters. The molecular formula is C17H13BrF3NO4. The summed E-state index contributed by atoms with van der Waals surface area (Å²) in [6.45, 7) is -0.504. The number of rotatable bonds is 6. The number of esters is 1. The Kier molecular flexibility index (Phi) is 6.62. The molecule has 2 rings (SSSR count). The number of halogens is 4. The van der Waals surface area contributed by atoms with Crippen LogP contribution in [0.1, 0.15) is 5.56 Å². The van der Waals surface area contributed by atoms with Crippen LogP contribution in [-0.4, -0.2) is 24.8 Å². The van der Waals surface area contributed by atoms with Crippen molar-refractivity contribution in [2.75, 3.05) is 11.9 Å². The van der Waals surface area contributed by atoms with Crippen molar-refractivity contribution >= 4 is 33.5 Å². The molecule has 0 aliphatic carbocycles. The molecule has 1 N–H and O–H groups in total. The molecule has 0 heterocycles. The van der Waals surface area contributed by atoms with E-state index in [1.165, 1.54) is 12.1 Å². The highest BCUT2D eigenvalue weighted by atomic mass is 79.9. The van der Waals surface area contributed by atoms with Crippen molar-refractivity contribution < 1.29 is 32.2 Å². The van der Waals surface area contributed by atoms with Crippen molar-refractivity contribution in [1.29, 1.82) is 0 Å². The van der Waals surface area contributed by atoms with Crippen LogP contribution in [-0.2, 0) is 20.7 Å². The van der Waals surface area contributed by atoms with Crippen molar-refractivity contribution in [3.63, 3.8) is 0 Å². The molecule has 0 unspecified atom stereocenters. The molecule has 138 valence electrons. The minimum absolute atomic E-state index is 0.0179. The molecular weight excluding hydrogens is 419 g/mol. The molecule has 0 bridgehead atoms. The molecule has 0 aliphatic heterocycles. The zero-order valence-corrected chi connectivity index (χ0v) is 14.8. The molecule has 0 fully saturated rings. The zero-order valence-electron chi connectivity index (χ0n) is 13.2. The molecule has 2 aromatic carbocycles. The topological polar surface area (TPSA) is 64.6 Å². The fourth-order valence-electron chi connectivity index (χ4n) is 1.90. The minimum Gasteiger partial charge on any atom is -0.455 e. The van der Waals surface area contributed by atoms with Crippen LogP contribution in [0, 0.1) is 0 Å².